The third kappa shape index (κ3) is 1.10. The summed E-state index contributed by atoms with van der Waals surface area (Å²) in [5, 5.41) is 0.574. The zero-order valence-corrected chi connectivity index (χ0v) is 7.06. The van der Waals surface area contributed by atoms with Crippen LogP contribution >= 0.6 is 0 Å². The maximum atomic E-state index is 11.5. The molecule has 3 N–H and O–H groups in total. The molecule has 0 aliphatic carbocycles. The second kappa shape index (κ2) is 3.18. The summed E-state index contributed by atoms with van der Waals surface area (Å²) in [7, 11) is 0. The number of nitrogens with one attached hydrogen (secondary N) is 1. The van der Waals surface area contributed by atoms with Crippen LogP contribution in [0.4, 0.5) is 0 Å². The van der Waals surface area contributed by atoms with Crippen molar-refractivity contribution in [3.63, 3.8) is 0 Å². The standard InChI is InChI=1S/C8H7N3O3/c9-10-14-11-7(12)5-3-1-2-4-6(5)8(11)13/h1-4,10H,9H2. The van der Waals surface area contributed by atoms with Crippen LogP contribution in [0, 0.1) is 0 Å². The van der Waals surface area contributed by atoms with Crippen LogP contribution in [0.15, 0.2) is 24.3 Å². The maximum Gasteiger partial charge on any atom is 0.287 e. The Morgan fingerprint density at radius 3 is 2.07 bits per heavy atom. The number of benzene rings is 1. The van der Waals surface area contributed by atoms with E-state index in [9.17, 15) is 9.59 Å². The second-order valence-corrected chi connectivity index (χ2v) is 2.66. The minimum absolute atomic E-state index is 0.313. The number of hydrogen-bond acceptors (Lipinski definition) is 5. The highest BCUT2D eigenvalue weighted by molar-refractivity contribution is 6.20. The van der Waals surface area contributed by atoms with E-state index in [4.69, 9.17) is 5.84 Å². The number of nitrogens with zero attached hydrogens (tertiary/aromatic N) is 1. The predicted octanol–water partition coefficient (Wildman–Crippen LogP) is -0.408. The largest absolute Gasteiger partial charge is 0.287 e. The van der Waals surface area contributed by atoms with Crippen molar-refractivity contribution < 1.29 is 14.5 Å². The third-order valence-electron chi connectivity index (χ3n) is 1.90. The quantitative estimate of drug-likeness (QED) is 0.379. The molecule has 0 fully saturated rings. The molecule has 0 radical (unpaired) electrons. The number of fused-ring (bicyclic) bond motifs is 1. The zero-order valence-electron chi connectivity index (χ0n) is 7.06. The van der Waals surface area contributed by atoms with Gasteiger partial charge < -0.3 is 0 Å². The molecule has 0 saturated carbocycles. The molecule has 6 nitrogen and oxygen atoms in total. The average Bonchev–Trinajstić information content (AvgIpc) is 2.45. The zero-order chi connectivity index (χ0) is 10.1. The Kier molecular flexibility index (Phi) is 2.01. The molecule has 0 saturated heterocycles. The molecule has 0 aromatic heterocycles. The SMILES string of the molecule is NNON1C(=O)c2ccccc2C1=O. The number of rotatable bonds is 2. The lowest BCUT2D eigenvalue weighted by Gasteiger charge is -2.09. The van der Waals surface area contributed by atoms with Crippen molar-refractivity contribution >= 4 is 11.8 Å². The summed E-state index contributed by atoms with van der Waals surface area (Å²) in [6, 6.07) is 6.44. The van der Waals surface area contributed by atoms with Crippen LogP contribution in [0.3, 0.4) is 0 Å². The second-order valence-electron chi connectivity index (χ2n) is 2.66. The molecule has 0 spiro atoms. The highest BCUT2D eigenvalue weighted by Crippen LogP contribution is 2.21. The normalized spacial score (nSPS) is 14.8. The van der Waals surface area contributed by atoms with Crippen LogP contribution in [-0.4, -0.2) is 16.9 Å². The molecular formula is C8H7N3O3. The first-order valence-corrected chi connectivity index (χ1v) is 3.86. The predicted molar refractivity (Wildman–Crippen MR) is 45.4 cm³/mol. The average molecular weight is 193 g/mol. The Morgan fingerprint density at radius 2 is 1.64 bits per heavy atom. The lowest BCUT2D eigenvalue weighted by atomic mass is 10.1. The van der Waals surface area contributed by atoms with Gasteiger partial charge in [0.1, 0.15) is 0 Å². The Hall–Kier alpha value is -1.76. The number of hydrogen-bond donors (Lipinski definition) is 2. The lowest BCUT2D eigenvalue weighted by molar-refractivity contribution is -0.144. The van der Waals surface area contributed by atoms with Crippen molar-refractivity contribution in [3.05, 3.63) is 35.4 Å². The van der Waals surface area contributed by atoms with E-state index in [1.165, 1.54) is 0 Å². The van der Waals surface area contributed by atoms with Crippen LogP contribution in [0.1, 0.15) is 20.7 Å². The molecule has 0 bridgehead atoms. The molecule has 2 rings (SSSR count). The number of nitrogens with two attached hydrogens (primary N) is 1. The van der Waals surface area contributed by atoms with Crippen LogP contribution in [0.5, 0.6) is 0 Å². The molecule has 0 atom stereocenters. The number of carbonyl (C=O) groups excluding carboxylic acids is 2. The van der Waals surface area contributed by atoms with E-state index in [-0.39, 0.29) is 0 Å². The summed E-state index contributed by atoms with van der Waals surface area (Å²) in [6.07, 6.45) is 0. The molecule has 6 heteroatoms. The highest BCUT2D eigenvalue weighted by Gasteiger charge is 2.36. The van der Waals surface area contributed by atoms with Gasteiger partial charge in [0, 0.05) is 0 Å². The monoisotopic (exact) mass is 193 g/mol. The molecular weight excluding hydrogens is 186 g/mol. The summed E-state index contributed by atoms with van der Waals surface area (Å²) in [5.41, 5.74) is 2.42. The van der Waals surface area contributed by atoms with Crippen LogP contribution in [0.25, 0.3) is 0 Å². The minimum atomic E-state index is -0.524. The Balaban J connectivity index is 2.43. The van der Waals surface area contributed by atoms with Gasteiger partial charge in [-0.25, -0.2) is 5.84 Å². The van der Waals surface area contributed by atoms with Gasteiger partial charge in [-0.2, -0.15) is 4.94 Å². The molecule has 2 amide bonds. The van der Waals surface area contributed by atoms with Gasteiger partial charge in [-0.05, 0) is 12.1 Å². The van der Waals surface area contributed by atoms with Crippen molar-refractivity contribution in [1.82, 2.24) is 10.7 Å². The first-order valence-electron chi connectivity index (χ1n) is 3.86. The van der Waals surface area contributed by atoms with E-state index in [1.807, 2.05) is 0 Å². The van der Waals surface area contributed by atoms with Gasteiger partial charge in [0.05, 0.1) is 11.1 Å². The summed E-state index contributed by atoms with van der Waals surface area (Å²) in [4.78, 5) is 27.4. The van der Waals surface area contributed by atoms with Gasteiger partial charge in [-0.3, -0.25) is 9.59 Å². The highest BCUT2D eigenvalue weighted by atomic mass is 16.8. The summed E-state index contributed by atoms with van der Waals surface area (Å²) < 4.78 is 0. The Bertz CT molecular complexity index is 370. The van der Waals surface area contributed by atoms with Crippen molar-refractivity contribution in [2.75, 3.05) is 0 Å². The topological polar surface area (TPSA) is 84.7 Å². The molecule has 1 aromatic rings. The number of hydrazine groups is 1. The molecule has 72 valence electrons. The van der Waals surface area contributed by atoms with Gasteiger partial charge in [0.2, 0.25) is 0 Å². The van der Waals surface area contributed by atoms with Gasteiger partial charge >= 0.3 is 0 Å². The molecule has 0 unspecified atom stereocenters. The van der Waals surface area contributed by atoms with Gasteiger partial charge in [0.15, 0.2) is 0 Å². The minimum Gasteiger partial charge on any atom is -0.266 e. The van der Waals surface area contributed by atoms with E-state index in [0.29, 0.717) is 16.2 Å². The van der Waals surface area contributed by atoms with Crippen LogP contribution in [-0.2, 0) is 4.94 Å². The van der Waals surface area contributed by atoms with Crippen molar-refractivity contribution in [1.29, 1.82) is 0 Å². The Morgan fingerprint density at radius 1 is 1.14 bits per heavy atom. The smallest absolute Gasteiger partial charge is 0.266 e. The lowest BCUT2D eigenvalue weighted by Crippen LogP contribution is -2.38. The fourth-order valence-electron chi connectivity index (χ4n) is 1.30. The molecule has 1 aromatic carbocycles. The Labute approximate surface area is 79.1 Å². The van der Waals surface area contributed by atoms with Crippen molar-refractivity contribution in [2.45, 2.75) is 0 Å². The molecule has 1 heterocycles. The van der Waals surface area contributed by atoms with Crippen LogP contribution in [0.2, 0.25) is 0 Å². The first kappa shape index (κ1) is 8.82. The molecule has 14 heavy (non-hydrogen) atoms. The van der Waals surface area contributed by atoms with Crippen molar-refractivity contribution in [2.24, 2.45) is 5.84 Å². The van der Waals surface area contributed by atoms with Gasteiger partial charge in [-0.15, -0.1) is 10.7 Å². The number of carbonyl (C=O) groups is 2. The van der Waals surface area contributed by atoms with E-state index in [2.05, 4.69) is 4.94 Å². The van der Waals surface area contributed by atoms with Crippen LogP contribution < -0.4 is 11.4 Å². The van der Waals surface area contributed by atoms with Gasteiger partial charge in [-0.1, -0.05) is 12.1 Å². The van der Waals surface area contributed by atoms with E-state index >= 15 is 0 Å². The molecule has 1 aliphatic heterocycles. The summed E-state index contributed by atoms with van der Waals surface area (Å²) >= 11 is 0. The maximum absolute atomic E-state index is 11.5. The van der Waals surface area contributed by atoms with E-state index in [1.54, 1.807) is 29.9 Å². The van der Waals surface area contributed by atoms with E-state index < -0.39 is 11.8 Å². The van der Waals surface area contributed by atoms with Crippen molar-refractivity contribution in [3.8, 4) is 0 Å². The molecule has 1 aliphatic rings. The number of hydroxylamine groups is 2. The number of imide groups is 1. The third-order valence-corrected chi connectivity index (χ3v) is 1.90. The van der Waals surface area contributed by atoms with E-state index in [0.717, 1.165) is 0 Å². The summed E-state index contributed by atoms with van der Waals surface area (Å²) in [5.74, 6) is 3.80. The first-order chi connectivity index (χ1) is 6.75. The van der Waals surface area contributed by atoms with Gasteiger partial charge in [0.25, 0.3) is 11.8 Å². The number of amides is 2. The fourth-order valence-corrected chi connectivity index (χ4v) is 1.30. The fraction of sp³-hybridized carbons (Fsp3) is 0. The summed E-state index contributed by atoms with van der Waals surface area (Å²) in [6.45, 7) is 0.